The van der Waals surface area contributed by atoms with Crippen LogP contribution < -0.4 is 9.64 Å². The highest BCUT2D eigenvalue weighted by Gasteiger charge is 2.32. The number of halogens is 1. The van der Waals surface area contributed by atoms with Gasteiger partial charge in [-0.1, -0.05) is 36.2 Å². The molecule has 0 saturated carbocycles. The van der Waals surface area contributed by atoms with Crippen LogP contribution >= 0.6 is 11.6 Å². The Morgan fingerprint density at radius 3 is 2.96 bits per heavy atom. The van der Waals surface area contributed by atoms with E-state index in [9.17, 15) is 4.79 Å². The van der Waals surface area contributed by atoms with Crippen molar-refractivity contribution in [3.05, 3.63) is 59.0 Å². The Morgan fingerprint density at radius 1 is 1.32 bits per heavy atom. The van der Waals surface area contributed by atoms with E-state index in [4.69, 9.17) is 16.3 Å². The molecule has 0 bridgehead atoms. The number of nitrogens with zero attached hydrogens (tertiary/aromatic N) is 5. The molecule has 1 aromatic carbocycles. The van der Waals surface area contributed by atoms with Crippen LogP contribution in [0.1, 0.15) is 36.5 Å². The molecule has 1 aliphatic rings. The van der Waals surface area contributed by atoms with E-state index >= 15 is 0 Å². The summed E-state index contributed by atoms with van der Waals surface area (Å²) in [5, 5.41) is 9.08. The fraction of sp³-hybridized carbons (Fsp3) is 0.300. The first-order valence-electron chi connectivity index (χ1n) is 9.22. The molecule has 1 atom stereocenters. The minimum Gasteiger partial charge on any atom is -0.471 e. The Labute approximate surface area is 167 Å². The molecule has 28 heavy (non-hydrogen) atoms. The molecule has 7 nitrogen and oxygen atoms in total. The van der Waals surface area contributed by atoms with Gasteiger partial charge in [-0.3, -0.25) is 9.69 Å². The lowest BCUT2D eigenvalue weighted by Crippen LogP contribution is -2.43. The van der Waals surface area contributed by atoms with Crippen LogP contribution in [0.4, 0.5) is 5.69 Å². The predicted octanol–water partition coefficient (Wildman–Crippen LogP) is 3.70. The summed E-state index contributed by atoms with van der Waals surface area (Å²) < 4.78 is 7.44. The lowest BCUT2D eigenvalue weighted by atomic mass is 10.1. The van der Waals surface area contributed by atoms with E-state index in [1.807, 2.05) is 25.1 Å². The molecule has 1 unspecified atom stereocenters. The van der Waals surface area contributed by atoms with Crippen molar-refractivity contribution in [1.29, 1.82) is 0 Å². The number of rotatable bonds is 4. The number of amides is 1. The summed E-state index contributed by atoms with van der Waals surface area (Å²) in [6.45, 7) is 4.39. The smallest absolute Gasteiger partial charge is 0.281 e. The summed E-state index contributed by atoms with van der Waals surface area (Å²) in [4.78, 5) is 19.3. The normalized spacial score (nSPS) is 15.8. The fourth-order valence-electron chi connectivity index (χ4n) is 3.33. The van der Waals surface area contributed by atoms with Gasteiger partial charge in [-0.15, -0.1) is 5.10 Å². The third-order valence-electron chi connectivity index (χ3n) is 4.54. The van der Waals surface area contributed by atoms with Crippen molar-refractivity contribution in [2.45, 2.75) is 32.8 Å². The molecular weight excluding hydrogens is 378 g/mol. The Balaban J connectivity index is 1.76. The number of aromatic nitrogens is 4. The number of carbonyl (C=O) groups excluding carboxylic acids is 1. The van der Waals surface area contributed by atoms with Gasteiger partial charge in [0.25, 0.3) is 5.91 Å². The van der Waals surface area contributed by atoms with E-state index < -0.39 is 0 Å². The lowest BCUT2D eigenvalue weighted by molar-refractivity contribution is 0.0953. The van der Waals surface area contributed by atoms with Gasteiger partial charge in [0.2, 0.25) is 5.88 Å². The van der Waals surface area contributed by atoms with Gasteiger partial charge in [0, 0.05) is 11.2 Å². The zero-order chi connectivity index (χ0) is 19.7. The number of anilines is 1. The van der Waals surface area contributed by atoms with Gasteiger partial charge < -0.3 is 4.74 Å². The van der Waals surface area contributed by atoms with Crippen LogP contribution in [0, 0.1) is 0 Å². The second kappa shape index (κ2) is 7.59. The number of ether oxygens (including phenoxy) is 1. The van der Waals surface area contributed by atoms with E-state index in [1.165, 1.54) is 0 Å². The van der Waals surface area contributed by atoms with E-state index in [2.05, 4.69) is 22.2 Å². The van der Waals surface area contributed by atoms with Gasteiger partial charge >= 0.3 is 0 Å². The third-order valence-corrected chi connectivity index (χ3v) is 4.78. The molecule has 0 fully saturated rings. The Morgan fingerprint density at radius 2 is 2.18 bits per heavy atom. The van der Waals surface area contributed by atoms with Crippen molar-refractivity contribution in [3.8, 4) is 11.6 Å². The van der Waals surface area contributed by atoms with Crippen molar-refractivity contribution < 1.29 is 9.53 Å². The first-order chi connectivity index (χ1) is 13.6. The molecule has 3 aromatic rings. The summed E-state index contributed by atoms with van der Waals surface area (Å²) in [5.74, 6) is 0.245. The standard InChI is InChI=1S/C20H20ClN5O2/c1-3-6-16-18(23-24-26(16)15-8-4-7-14(21)11-15)20(27)25-12-13(2)28-19-17(25)9-5-10-22-19/h4-5,7-11,13H,3,6,12H2,1-2H3. The number of benzene rings is 1. The molecule has 2 aromatic heterocycles. The van der Waals surface area contributed by atoms with Crippen LogP contribution in [0.25, 0.3) is 5.69 Å². The number of carbonyl (C=O) groups is 1. The molecule has 3 heterocycles. The Kier molecular flexibility index (Phi) is 5.00. The molecule has 0 radical (unpaired) electrons. The van der Waals surface area contributed by atoms with Crippen LogP contribution in [0.3, 0.4) is 0 Å². The minimum atomic E-state index is -0.207. The molecule has 0 aliphatic carbocycles. The summed E-state index contributed by atoms with van der Waals surface area (Å²) >= 11 is 6.13. The van der Waals surface area contributed by atoms with Crippen LogP contribution in [0.5, 0.6) is 5.88 Å². The molecule has 4 rings (SSSR count). The second-order valence-corrected chi connectivity index (χ2v) is 7.13. The van der Waals surface area contributed by atoms with Crippen LogP contribution in [-0.2, 0) is 6.42 Å². The SMILES string of the molecule is CCCc1c(C(=O)N2CC(C)Oc3ncccc32)nnn1-c1cccc(Cl)c1. The summed E-state index contributed by atoms with van der Waals surface area (Å²) in [6.07, 6.45) is 3.01. The zero-order valence-corrected chi connectivity index (χ0v) is 16.4. The Bertz CT molecular complexity index is 1020. The van der Waals surface area contributed by atoms with Crippen molar-refractivity contribution in [1.82, 2.24) is 20.0 Å². The second-order valence-electron chi connectivity index (χ2n) is 6.70. The average Bonchev–Trinajstić information content (AvgIpc) is 3.10. The van der Waals surface area contributed by atoms with E-state index in [1.54, 1.807) is 34.0 Å². The first-order valence-corrected chi connectivity index (χ1v) is 9.60. The molecule has 0 saturated heterocycles. The maximum Gasteiger partial charge on any atom is 0.281 e. The summed E-state index contributed by atoms with van der Waals surface area (Å²) in [5.41, 5.74) is 2.52. The summed E-state index contributed by atoms with van der Waals surface area (Å²) in [6, 6.07) is 11.0. The average molecular weight is 398 g/mol. The minimum absolute atomic E-state index is 0.163. The molecule has 144 valence electrons. The van der Waals surface area contributed by atoms with Gasteiger partial charge in [0.1, 0.15) is 11.8 Å². The first kappa shape index (κ1) is 18.4. The summed E-state index contributed by atoms with van der Waals surface area (Å²) in [7, 11) is 0. The number of hydrogen-bond donors (Lipinski definition) is 0. The Hall–Kier alpha value is -2.93. The van der Waals surface area contributed by atoms with E-state index in [0.29, 0.717) is 35.2 Å². The molecule has 1 amide bonds. The van der Waals surface area contributed by atoms with Gasteiger partial charge in [-0.25, -0.2) is 9.67 Å². The largest absolute Gasteiger partial charge is 0.471 e. The molecular formula is C20H20ClN5O2. The highest BCUT2D eigenvalue weighted by Crippen LogP contribution is 2.32. The van der Waals surface area contributed by atoms with Crippen molar-refractivity contribution in [3.63, 3.8) is 0 Å². The molecule has 8 heteroatoms. The zero-order valence-electron chi connectivity index (χ0n) is 15.7. The maximum absolute atomic E-state index is 13.4. The number of fused-ring (bicyclic) bond motifs is 1. The monoisotopic (exact) mass is 397 g/mol. The predicted molar refractivity (Wildman–Crippen MR) is 106 cm³/mol. The van der Waals surface area contributed by atoms with Crippen molar-refractivity contribution >= 4 is 23.2 Å². The molecule has 0 N–H and O–H groups in total. The van der Waals surface area contributed by atoms with Crippen LogP contribution in [0.15, 0.2) is 42.6 Å². The number of pyridine rings is 1. The van der Waals surface area contributed by atoms with E-state index in [-0.39, 0.29) is 12.0 Å². The fourth-order valence-corrected chi connectivity index (χ4v) is 3.51. The highest BCUT2D eigenvalue weighted by atomic mass is 35.5. The third kappa shape index (κ3) is 3.33. The highest BCUT2D eigenvalue weighted by molar-refractivity contribution is 6.30. The van der Waals surface area contributed by atoms with Crippen LogP contribution in [-0.4, -0.2) is 38.5 Å². The van der Waals surface area contributed by atoms with Crippen molar-refractivity contribution in [2.24, 2.45) is 0 Å². The van der Waals surface area contributed by atoms with Crippen molar-refractivity contribution in [2.75, 3.05) is 11.4 Å². The van der Waals surface area contributed by atoms with Gasteiger partial charge in [0.05, 0.1) is 17.9 Å². The van der Waals surface area contributed by atoms with Gasteiger partial charge in [0.15, 0.2) is 5.69 Å². The number of hydrogen-bond acceptors (Lipinski definition) is 5. The quantitative estimate of drug-likeness (QED) is 0.671. The topological polar surface area (TPSA) is 73.1 Å². The molecule has 1 aliphatic heterocycles. The van der Waals surface area contributed by atoms with Crippen LogP contribution in [0.2, 0.25) is 5.02 Å². The molecule has 0 spiro atoms. The maximum atomic E-state index is 13.4. The van der Waals surface area contributed by atoms with Gasteiger partial charge in [-0.2, -0.15) is 0 Å². The lowest BCUT2D eigenvalue weighted by Gasteiger charge is -2.32. The van der Waals surface area contributed by atoms with Gasteiger partial charge in [-0.05, 0) is 43.7 Å². The van der Waals surface area contributed by atoms with E-state index in [0.717, 1.165) is 17.8 Å².